The van der Waals surface area contributed by atoms with E-state index in [1.165, 1.54) is 11.6 Å². The van der Waals surface area contributed by atoms with Crippen molar-refractivity contribution in [1.29, 1.82) is 0 Å². The van der Waals surface area contributed by atoms with Crippen LogP contribution in [0.2, 0.25) is 0 Å². The summed E-state index contributed by atoms with van der Waals surface area (Å²) >= 11 is 0. The first-order chi connectivity index (χ1) is 10.5. The monoisotopic (exact) mass is 306 g/mol. The molecule has 0 bridgehead atoms. The van der Waals surface area contributed by atoms with Crippen LogP contribution in [0.15, 0.2) is 30.5 Å². The third kappa shape index (κ3) is 3.51. The average Bonchev–Trinajstić information content (AvgIpc) is 2.87. The Bertz CT molecular complexity index is 680. The van der Waals surface area contributed by atoms with E-state index >= 15 is 0 Å². The Labute approximate surface area is 125 Å². The Kier molecular flexibility index (Phi) is 4.57. The zero-order valence-corrected chi connectivity index (χ0v) is 12.0. The number of nitrogens with zero attached hydrogens (tertiary/aromatic N) is 3. The molecule has 0 saturated heterocycles. The Morgan fingerprint density at radius 1 is 1.41 bits per heavy atom. The Morgan fingerprint density at radius 2 is 2.09 bits per heavy atom. The number of amides is 1. The standard InChI is InChI=1S/C13H14N4O5/c1-16-11(14-7-12(16)17(19)20)8-22-13(18)15-9-3-5-10(21-2)6-4-9/h3-7H,8H2,1-2H3,(H,15,18). The van der Waals surface area contributed by atoms with Crippen molar-refractivity contribution in [2.45, 2.75) is 6.61 Å². The van der Waals surface area contributed by atoms with Crippen LogP contribution in [0, 0.1) is 10.1 Å². The number of aromatic nitrogens is 2. The van der Waals surface area contributed by atoms with Crippen molar-refractivity contribution >= 4 is 17.6 Å². The Hall–Kier alpha value is -3.10. The van der Waals surface area contributed by atoms with Gasteiger partial charge in [-0.1, -0.05) is 0 Å². The van der Waals surface area contributed by atoms with Crippen LogP contribution in [0.4, 0.5) is 16.3 Å². The Balaban J connectivity index is 1.91. The zero-order valence-electron chi connectivity index (χ0n) is 12.0. The number of imidazole rings is 1. The molecule has 0 saturated carbocycles. The lowest BCUT2D eigenvalue weighted by Gasteiger charge is -2.06. The summed E-state index contributed by atoms with van der Waals surface area (Å²) in [5.41, 5.74) is 0.539. The fraction of sp³-hybridized carbons (Fsp3) is 0.231. The summed E-state index contributed by atoms with van der Waals surface area (Å²) in [6.07, 6.45) is 0.427. The Morgan fingerprint density at radius 3 is 2.64 bits per heavy atom. The van der Waals surface area contributed by atoms with Crippen LogP contribution in [0.1, 0.15) is 5.82 Å². The number of anilines is 1. The van der Waals surface area contributed by atoms with Crippen molar-refractivity contribution < 1.29 is 19.2 Å². The third-order valence-corrected chi connectivity index (χ3v) is 2.92. The van der Waals surface area contributed by atoms with E-state index in [1.807, 2.05) is 0 Å². The van der Waals surface area contributed by atoms with E-state index in [1.54, 1.807) is 31.4 Å². The highest BCUT2D eigenvalue weighted by molar-refractivity contribution is 5.84. The maximum atomic E-state index is 11.7. The molecule has 0 atom stereocenters. The third-order valence-electron chi connectivity index (χ3n) is 2.92. The normalized spacial score (nSPS) is 10.1. The molecule has 0 radical (unpaired) electrons. The van der Waals surface area contributed by atoms with Crippen molar-refractivity contribution in [3.63, 3.8) is 0 Å². The van der Waals surface area contributed by atoms with Gasteiger partial charge in [-0.3, -0.25) is 5.32 Å². The SMILES string of the molecule is COc1ccc(NC(=O)OCc2ncc([N+](=O)[O-])n2C)cc1. The van der Waals surface area contributed by atoms with Crippen LogP contribution >= 0.6 is 0 Å². The summed E-state index contributed by atoms with van der Waals surface area (Å²) in [7, 11) is 3.02. The topological polar surface area (TPSA) is 109 Å². The zero-order chi connectivity index (χ0) is 16.1. The summed E-state index contributed by atoms with van der Waals surface area (Å²) in [5, 5.41) is 13.2. The molecular formula is C13H14N4O5. The van der Waals surface area contributed by atoms with Gasteiger partial charge in [-0.25, -0.2) is 14.3 Å². The van der Waals surface area contributed by atoms with E-state index in [0.29, 0.717) is 11.4 Å². The molecule has 0 aliphatic heterocycles. The lowest BCUT2D eigenvalue weighted by molar-refractivity contribution is -0.391. The van der Waals surface area contributed by atoms with Gasteiger partial charge in [-0.05, 0) is 29.2 Å². The van der Waals surface area contributed by atoms with Crippen LogP contribution in [0.5, 0.6) is 5.75 Å². The van der Waals surface area contributed by atoms with E-state index in [-0.39, 0.29) is 18.2 Å². The molecule has 22 heavy (non-hydrogen) atoms. The van der Waals surface area contributed by atoms with Crippen LogP contribution < -0.4 is 10.1 Å². The van der Waals surface area contributed by atoms with Gasteiger partial charge in [0.15, 0.2) is 6.61 Å². The molecule has 0 aliphatic rings. The number of hydrogen-bond acceptors (Lipinski definition) is 6. The fourth-order valence-corrected chi connectivity index (χ4v) is 1.70. The van der Waals surface area contributed by atoms with Crippen molar-refractivity contribution in [3.05, 3.63) is 46.4 Å². The number of methoxy groups -OCH3 is 1. The summed E-state index contributed by atoms with van der Waals surface area (Å²) in [6.45, 7) is -0.174. The molecule has 116 valence electrons. The first-order valence-corrected chi connectivity index (χ1v) is 6.24. The second-order valence-electron chi connectivity index (χ2n) is 4.28. The van der Waals surface area contributed by atoms with Crippen molar-refractivity contribution in [3.8, 4) is 5.75 Å². The summed E-state index contributed by atoms with van der Waals surface area (Å²) in [6, 6.07) is 6.70. The van der Waals surface area contributed by atoms with E-state index in [2.05, 4.69) is 10.3 Å². The van der Waals surface area contributed by atoms with Gasteiger partial charge in [0.1, 0.15) is 11.9 Å². The van der Waals surface area contributed by atoms with Gasteiger partial charge in [-0.2, -0.15) is 0 Å². The lowest BCUT2D eigenvalue weighted by atomic mass is 10.3. The summed E-state index contributed by atoms with van der Waals surface area (Å²) < 4.78 is 11.2. The van der Waals surface area contributed by atoms with Crippen molar-refractivity contribution in [2.24, 2.45) is 7.05 Å². The minimum atomic E-state index is -0.684. The molecule has 0 unspecified atom stereocenters. The molecule has 0 aliphatic carbocycles. The maximum absolute atomic E-state index is 11.7. The second-order valence-corrected chi connectivity index (χ2v) is 4.28. The quantitative estimate of drug-likeness (QED) is 0.669. The molecule has 1 N–H and O–H groups in total. The molecule has 1 amide bonds. The van der Waals surface area contributed by atoms with Gasteiger partial charge in [0.25, 0.3) is 0 Å². The van der Waals surface area contributed by atoms with Crippen molar-refractivity contribution in [2.75, 3.05) is 12.4 Å². The second kappa shape index (κ2) is 6.57. The van der Waals surface area contributed by atoms with E-state index in [4.69, 9.17) is 9.47 Å². The number of nitro groups is 1. The average molecular weight is 306 g/mol. The van der Waals surface area contributed by atoms with Crippen LogP contribution in [-0.4, -0.2) is 27.7 Å². The lowest BCUT2D eigenvalue weighted by Crippen LogP contribution is -2.15. The van der Waals surface area contributed by atoms with Crippen LogP contribution in [0.3, 0.4) is 0 Å². The highest BCUT2D eigenvalue weighted by Crippen LogP contribution is 2.16. The van der Waals surface area contributed by atoms with Crippen LogP contribution in [0.25, 0.3) is 0 Å². The summed E-state index contributed by atoms with van der Waals surface area (Å²) in [4.78, 5) is 25.6. The predicted octanol–water partition coefficient (Wildman–Crippen LogP) is 2.09. The molecule has 0 spiro atoms. The number of carbonyl (C=O) groups excluding carboxylic acids is 1. The van der Waals surface area contributed by atoms with E-state index < -0.39 is 11.0 Å². The molecule has 9 heteroatoms. The molecule has 1 aromatic heterocycles. The maximum Gasteiger partial charge on any atom is 0.412 e. The van der Waals surface area contributed by atoms with E-state index in [9.17, 15) is 14.9 Å². The van der Waals surface area contributed by atoms with Crippen molar-refractivity contribution in [1.82, 2.24) is 9.55 Å². The molecule has 9 nitrogen and oxygen atoms in total. The molecule has 1 aromatic carbocycles. The number of rotatable bonds is 5. The minimum Gasteiger partial charge on any atom is -0.497 e. The predicted molar refractivity (Wildman–Crippen MR) is 76.7 cm³/mol. The highest BCUT2D eigenvalue weighted by atomic mass is 16.6. The highest BCUT2D eigenvalue weighted by Gasteiger charge is 2.17. The van der Waals surface area contributed by atoms with Crippen LogP contribution in [-0.2, 0) is 18.4 Å². The molecule has 2 rings (SSSR count). The summed E-state index contributed by atoms with van der Waals surface area (Å²) in [5.74, 6) is 0.769. The van der Waals surface area contributed by atoms with Gasteiger partial charge >= 0.3 is 11.9 Å². The number of nitrogens with one attached hydrogen (secondary N) is 1. The fourth-order valence-electron chi connectivity index (χ4n) is 1.70. The number of benzene rings is 1. The molecule has 2 aromatic rings. The minimum absolute atomic E-state index is 0.172. The van der Waals surface area contributed by atoms with Gasteiger partial charge in [0.05, 0.1) is 14.2 Å². The number of hydrogen-bond donors (Lipinski definition) is 1. The molecule has 0 fully saturated rings. The molecule has 1 heterocycles. The first-order valence-electron chi connectivity index (χ1n) is 6.24. The smallest absolute Gasteiger partial charge is 0.412 e. The van der Waals surface area contributed by atoms with E-state index in [0.717, 1.165) is 6.20 Å². The number of ether oxygens (including phenoxy) is 2. The van der Waals surface area contributed by atoms with Gasteiger partial charge in [-0.15, -0.1) is 0 Å². The molecular weight excluding hydrogens is 292 g/mol. The number of carbonyl (C=O) groups is 1. The van der Waals surface area contributed by atoms with Gasteiger partial charge in [0, 0.05) is 5.69 Å². The van der Waals surface area contributed by atoms with Gasteiger partial charge < -0.3 is 19.6 Å². The largest absolute Gasteiger partial charge is 0.497 e. The van der Waals surface area contributed by atoms with Gasteiger partial charge in [0.2, 0.25) is 5.82 Å². The first kappa shape index (κ1) is 15.3.